The van der Waals surface area contributed by atoms with Crippen molar-refractivity contribution in [2.45, 2.75) is 13.0 Å². The molecule has 1 N–H and O–H groups in total. The number of nitrogens with zero attached hydrogens (tertiary/aromatic N) is 1. The van der Waals surface area contributed by atoms with Crippen molar-refractivity contribution in [3.05, 3.63) is 65.6 Å². The maximum Gasteiger partial charge on any atom is 0.244 e. The molecule has 1 atom stereocenters. The molecule has 1 aromatic carbocycles. The highest BCUT2D eigenvalue weighted by molar-refractivity contribution is 5.91. The standard InChI is InChI=1S/C16H14N2O2/c1-12(14-6-4-13(11-17)5-7-14)18-16(19)9-8-15-3-2-10-20-15/h2-10,12H,1H3,(H,18,19)/b9-8+. The SMILES string of the molecule is CC(NC(=O)/C=C/c1ccco1)c1ccc(C#N)cc1. The first-order valence-electron chi connectivity index (χ1n) is 6.21. The van der Waals surface area contributed by atoms with Crippen LogP contribution in [0, 0.1) is 11.3 Å². The lowest BCUT2D eigenvalue weighted by Crippen LogP contribution is -2.24. The van der Waals surface area contributed by atoms with E-state index in [1.165, 1.54) is 6.08 Å². The number of carbonyl (C=O) groups is 1. The Balaban J connectivity index is 1.95. The molecular formula is C16H14N2O2. The minimum atomic E-state index is -0.196. The molecule has 1 aromatic heterocycles. The smallest absolute Gasteiger partial charge is 0.244 e. The Kier molecular flexibility index (Phi) is 4.35. The monoisotopic (exact) mass is 266 g/mol. The summed E-state index contributed by atoms with van der Waals surface area (Å²) in [4.78, 5) is 11.8. The Hall–Kier alpha value is -2.80. The number of rotatable bonds is 4. The van der Waals surface area contributed by atoms with Crippen LogP contribution in [0.25, 0.3) is 6.08 Å². The van der Waals surface area contributed by atoms with Gasteiger partial charge in [-0.1, -0.05) is 12.1 Å². The van der Waals surface area contributed by atoms with E-state index in [0.717, 1.165) is 5.56 Å². The average molecular weight is 266 g/mol. The largest absolute Gasteiger partial charge is 0.465 e. The molecule has 4 heteroatoms. The second-order valence-electron chi connectivity index (χ2n) is 4.31. The number of hydrogen-bond acceptors (Lipinski definition) is 3. The van der Waals surface area contributed by atoms with E-state index in [0.29, 0.717) is 11.3 Å². The molecule has 0 bridgehead atoms. The molecule has 0 aliphatic rings. The van der Waals surface area contributed by atoms with Crippen LogP contribution in [-0.4, -0.2) is 5.91 Å². The summed E-state index contributed by atoms with van der Waals surface area (Å²) in [6, 6.07) is 12.6. The zero-order chi connectivity index (χ0) is 14.4. The van der Waals surface area contributed by atoms with Crippen LogP contribution in [0.1, 0.15) is 29.9 Å². The van der Waals surface area contributed by atoms with Gasteiger partial charge in [0.2, 0.25) is 5.91 Å². The molecule has 20 heavy (non-hydrogen) atoms. The topological polar surface area (TPSA) is 66.0 Å². The third kappa shape index (κ3) is 3.59. The fraction of sp³-hybridized carbons (Fsp3) is 0.125. The van der Waals surface area contributed by atoms with Crippen molar-refractivity contribution in [2.75, 3.05) is 0 Å². The molecular weight excluding hydrogens is 252 g/mol. The maximum absolute atomic E-state index is 11.8. The van der Waals surface area contributed by atoms with Gasteiger partial charge in [0.15, 0.2) is 0 Å². The molecule has 0 fully saturated rings. The lowest BCUT2D eigenvalue weighted by Gasteiger charge is -2.12. The van der Waals surface area contributed by atoms with Crippen LogP contribution >= 0.6 is 0 Å². The van der Waals surface area contributed by atoms with E-state index in [-0.39, 0.29) is 11.9 Å². The summed E-state index contributed by atoms with van der Waals surface area (Å²) >= 11 is 0. The summed E-state index contributed by atoms with van der Waals surface area (Å²) < 4.78 is 5.10. The third-order valence-corrected chi connectivity index (χ3v) is 2.84. The Bertz CT molecular complexity index is 634. The minimum absolute atomic E-state index is 0.128. The molecule has 0 radical (unpaired) electrons. The summed E-state index contributed by atoms with van der Waals surface area (Å²) in [6.45, 7) is 1.89. The summed E-state index contributed by atoms with van der Waals surface area (Å²) in [5.74, 6) is 0.435. The Morgan fingerprint density at radius 3 is 2.70 bits per heavy atom. The van der Waals surface area contributed by atoms with Crippen LogP contribution in [0.2, 0.25) is 0 Å². The minimum Gasteiger partial charge on any atom is -0.465 e. The van der Waals surface area contributed by atoms with E-state index in [1.807, 2.05) is 19.1 Å². The molecule has 1 heterocycles. The van der Waals surface area contributed by atoms with E-state index >= 15 is 0 Å². The molecule has 0 aliphatic carbocycles. The highest BCUT2D eigenvalue weighted by Gasteiger charge is 2.07. The van der Waals surface area contributed by atoms with Crippen molar-refractivity contribution < 1.29 is 9.21 Å². The first kappa shape index (κ1) is 13.6. The van der Waals surface area contributed by atoms with Crippen molar-refractivity contribution in [1.29, 1.82) is 5.26 Å². The summed E-state index contributed by atoms with van der Waals surface area (Å²) in [7, 11) is 0. The highest BCUT2D eigenvalue weighted by Crippen LogP contribution is 2.13. The molecule has 4 nitrogen and oxygen atoms in total. The van der Waals surface area contributed by atoms with Gasteiger partial charge in [-0.05, 0) is 42.8 Å². The van der Waals surface area contributed by atoms with Crippen molar-refractivity contribution in [3.8, 4) is 6.07 Å². The number of amides is 1. The number of hydrogen-bond donors (Lipinski definition) is 1. The van der Waals surface area contributed by atoms with Gasteiger partial charge in [0.25, 0.3) is 0 Å². The molecule has 0 saturated carbocycles. The van der Waals surface area contributed by atoms with Gasteiger partial charge in [-0.3, -0.25) is 4.79 Å². The lowest BCUT2D eigenvalue weighted by molar-refractivity contribution is -0.117. The van der Waals surface area contributed by atoms with Crippen LogP contribution in [0.5, 0.6) is 0 Å². The van der Waals surface area contributed by atoms with Crippen LogP contribution in [0.4, 0.5) is 0 Å². The maximum atomic E-state index is 11.8. The van der Waals surface area contributed by atoms with Gasteiger partial charge in [-0.15, -0.1) is 0 Å². The molecule has 2 rings (SSSR count). The van der Waals surface area contributed by atoms with Gasteiger partial charge < -0.3 is 9.73 Å². The predicted octanol–water partition coefficient (Wildman–Crippen LogP) is 3.04. The summed E-state index contributed by atoms with van der Waals surface area (Å²) in [6.07, 6.45) is 4.59. The number of carbonyl (C=O) groups excluding carboxylic acids is 1. The van der Waals surface area contributed by atoms with Gasteiger partial charge in [-0.25, -0.2) is 0 Å². The average Bonchev–Trinajstić information content (AvgIpc) is 2.98. The molecule has 1 amide bonds. The van der Waals surface area contributed by atoms with Crippen molar-refractivity contribution >= 4 is 12.0 Å². The Morgan fingerprint density at radius 2 is 2.10 bits per heavy atom. The van der Waals surface area contributed by atoms with E-state index in [1.54, 1.807) is 36.6 Å². The second kappa shape index (κ2) is 6.39. The summed E-state index contributed by atoms with van der Waals surface area (Å²) in [5.41, 5.74) is 1.55. The molecule has 2 aromatic rings. The van der Waals surface area contributed by atoms with Crippen molar-refractivity contribution in [3.63, 3.8) is 0 Å². The van der Waals surface area contributed by atoms with Crippen LogP contribution in [-0.2, 0) is 4.79 Å². The van der Waals surface area contributed by atoms with Gasteiger partial charge >= 0.3 is 0 Å². The number of nitrogens with one attached hydrogen (secondary N) is 1. The van der Waals surface area contributed by atoms with E-state index in [4.69, 9.17) is 9.68 Å². The quantitative estimate of drug-likeness (QED) is 0.865. The fourth-order valence-corrected chi connectivity index (χ4v) is 1.74. The number of nitriles is 1. The number of furan rings is 1. The zero-order valence-corrected chi connectivity index (χ0v) is 11.0. The number of benzene rings is 1. The molecule has 0 spiro atoms. The van der Waals surface area contributed by atoms with Gasteiger partial charge in [0.1, 0.15) is 5.76 Å². The lowest BCUT2D eigenvalue weighted by atomic mass is 10.1. The molecule has 0 saturated heterocycles. The van der Waals surface area contributed by atoms with E-state index in [9.17, 15) is 4.79 Å². The van der Waals surface area contributed by atoms with Crippen molar-refractivity contribution in [1.82, 2.24) is 5.32 Å². The molecule has 1 unspecified atom stereocenters. The van der Waals surface area contributed by atoms with E-state index in [2.05, 4.69) is 11.4 Å². The Labute approximate surface area is 117 Å². The summed E-state index contributed by atoms with van der Waals surface area (Å²) in [5, 5.41) is 11.6. The van der Waals surface area contributed by atoms with E-state index < -0.39 is 0 Å². The zero-order valence-electron chi connectivity index (χ0n) is 11.0. The Morgan fingerprint density at radius 1 is 1.35 bits per heavy atom. The predicted molar refractivity (Wildman–Crippen MR) is 75.5 cm³/mol. The second-order valence-corrected chi connectivity index (χ2v) is 4.31. The van der Waals surface area contributed by atoms with Crippen molar-refractivity contribution in [2.24, 2.45) is 0 Å². The van der Waals surface area contributed by atoms with Crippen LogP contribution < -0.4 is 5.32 Å². The normalized spacial score (nSPS) is 12.0. The highest BCUT2D eigenvalue weighted by atomic mass is 16.3. The van der Waals surface area contributed by atoms with Gasteiger partial charge in [0.05, 0.1) is 23.9 Å². The van der Waals surface area contributed by atoms with Gasteiger partial charge in [-0.2, -0.15) is 5.26 Å². The van der Waals surface area contributed by atoms with Gasteiger partial charge in [0, 0.05) is 6.08 Å². The third-order valence-electron chi connectivity index (χ3n) is 2.84. The molecule has 100 valence electrons. The van der Waals surface area contributed by atoms with Crippen LogP contribution in [0.15, 0.2) is 53.2 Å². The fourth-order valence-electron chi connectivity index (χ4n) is 1.74. The first-order valence-corrected chi connectivity index (χ1v) is 6.21. The molecule has 0 aliphatic heterocycles. The first-order chi connectivity index (χ1) is 9.69. The van der Waals surface area contributed by atoms with Crippen LogP contribution in [0.3, 0.4) is 0 Å².